The molecule has 1 atom stereocenters. The number of amides is 1. The van der Waals surface area contributed by atoms with Crippen molar-refractivity contribution in [3.8, 4) is 0 Å². The molecule has 1 aromatic carbocycles. The predicted octanol–water partition coefficient (Wildman–Crippen LogP) is 4.64. The molecule has 0 spiro atoms. The molecule has 0 aliphatic carbocycles. The molecular weight excluding hydrogens is 250 g/mol. The lowest BCUT2D eigenvalue weighted by atomic mass is 9.99. The number of carbonyl (C=O) groups excluding carboxylic acids is 1. The van der Waals surface area contributed by atoms with E-state index < -0.39 is 0 Å². The fourth-order valence-electron chi connectivity index (χ4n) is 2.42. The summed E-state index contributed by atoms with van der Waals surface area (Å²) in [6.07, 6.45) is -0.443. The van der Waals surface area contributed by atoms with Crippen molar-refractivity contribution in [1.29, 1.82) is 0 Å². The minimum absolute atomic E-state index is 0.131. The predicted molar refractivity (Wildman–Crippen MR) is 82.6 cm³/mol. The van der Waals surface area contributed by atoms with Gasteiger partial charge in [0.15, 0.2) is 0 Å². The zero-order chi connectivity index (χ0) is 15.3. The Hall–Kier alpha value is -1.51. The van der Waals surface area contributed by atoms with Gasteiger partial charge in [-0.1, -0.05) is 44.2 Å². The number of rotatable bonds is 5. The number of carbonyl (C=O) groups is 1. The van der Waals surface area contributed by atoms with E-state index in [1.54, 1.807) is 4.90 Å². The van der Waals surface area contributed by atoms with Gasteiger partial charge in [-0.05, 0) is 39.2 Å². The SMILES string of the molecule is CC(C)C(OC(=O)N(C(C)C)C(C)C)c1ccccc1. The first kappa shape index (κ1) is 16.5. The largest absolute Gasteiger partial charge is 0.441 e. The monoisotopic (exact) mass is 277 g/mol. The van der Waals surface area contributed by atoms with Gasteiger partial charge in [-0.15, -0.1) is 0 Å². The molecule has 1 amide bonds. The first-order chi connectivity index (χ1) is 9.34. The molecule has 0 aromatic heterocycles. The lowest BCUT2D eigenvalue weighted by molar-refractivity contribution is 0.0267. The second-order valence-corrected chi connectivity index (χ2v) is 6.05. The Morgan fingerprint density at radius 3 is 1.85 bits per heavy atom. The fourth-order valence-corrected chi connectivity index (χ4v) is 2.42. The van der Waals surface area contributed by atoms with Crippen LogP contribution in [-0.4, -0.2) is 23.1 Å². The van der Waals surface area contributed by atoms with Gasteiger partial charge in [0.05, 0.1) is 0 Å². The third-order valence-corrected chi connectivity index (χ3v) is 3.28. The smallest absolute Gasteiger partial charge is 0.410 e. The van der Waals surface area contributed by atoms with Crippen molar-refractivity contribution in [3.63, 3.8) is 0 Å². The highest BCUT2D eigenvalue weighted by Crippen LogP contribution is 2.27. The third kappa shape index (κ3) is 4.26. The van der Waals surface area contributed by atoms with Gasteiger partial charge in [0.2, 0.25) is 0 Å². The molecule has 0 saturated heterocycles. The van der Waals surface area contributed by atoms with Gasteiger partial charge in [0.1, 0.15) is 6.10 Å². The van der Waals surface area contributed by atoms with E-state index in [2.05, 4.69) is 13.8 Å². The summed E-state index contributed by atoms with van der Waals surface area (Å²) in [5.74, 6) is 0.238. The van der Waals surface area contributed by atoms with Crippen LogP contribution in [0, 0.1) is 5.92 Å². The number of nitrogens with zero attached hydrogens (tertiary/aromatic N) is 1. The topological polar surface area (TPSA) is 29.5 Å². The van der Waals surface area contributed by atoms with Crippen LogP contribution in [0.2, 0.25) is 0 Å². The quantitative estimate of drug-likeness (QED) is 0.784. The molecule has 0 radical (unpaired) electrons. The van der Waals surface area contributed by atoms with E-state index in [9.17, 15) is 4.79 Å². The van der Waals surface area contributed by atoms with E-state index in [4.69, 9.17) is 4.74 Å². The lowest BCUT2D eigenvalue weighted by Crippen LogP contribution is -2.43. The summed E-state index contributed by atoms with van der Waals surface area (Å²) < 4.78 is 5.77. The number of benzene rings is 1. The van der Waals surface area contributed by atoms with Crippen LogP contribution < -0.4 is 0 Å². The summed E-state index contributed by atoms with van der Waals surface area (Å²) in [6, 6.07) is 10.2. The maximum absolute atomic E-state index is 12.4. The highest BCUT2D eigenvalue weighted by atomic mass is 16.6. The van der Waals surface area contributed by atoms with Crippen LogP contribution >= 0.6 is 0 Å². The first-order valence-corrected chi connectivity index (χ1v) is 7.38. The van der Waals surface area contributed by atoms with Crippen LogP contribution in [0.3, 0.4) is 0 Å². The van der Waals surface area contributed by atoms with E-state index in [0.717, 1.165) is 5.56 Å². The molecule has 0 N–H and O–H groups in total. The van der Waals surface area contributed by atoms with Crippen molar-refractivity contribution in [2.45, 2.75) is 59.7 Å². The molecule has 0 fully saturated rings. The third-order valence-electron chi connectivity index (χ3n) is 3.28. The highest BCUT2D eigenvalue weighted by Gasteiger charge is 2.27. The van der Waals surface area contributed by atoms with Crippen LogP contribution in [0.15, 0.2) is 30.3 Å². The summed E-state index contributed by atoms with van der Waals surface area (Å²) in [6.45, 7) is 12.2. The van der Waals surface area contributed by atoms with Gasteiger partial charge < -0.3 is 9.64 Å². The van der Waals surface area contributed by atoms with Gasteiger partial charge >= 0.3 is 6.09 Å². The highest BCUT2D eigenvalue weighted by molar-refractivity contribution is 5.68. The van der Waals surface area contributed by atoms with Gasteiger partial charge in [0, 0.05) is 12.1 Å². The number of hydrogen-bond donors (Lipinski definition) is 0. The van der Waals surface area contributed by atoms with Gasteiger partial charge in [-0.25, -0.2) is 4.79 Å². The number of ether oxygens (including phenoxy) is 1. The Morgan fingerprint density at radius 1 is 0.950 bits per heavy atom. The van der Waals surface area contributed by atoms with Gasteiger partial charge in [0.25, 0.3) is 0 Å². The molecule has 0 aliphatic rings. The van der Waals surface area contributed by atoms with Crippen molar-refractivity contribution in [1.82, 2.24) is 4.90 Å². The first-order valence-electron chi connectivity index (χ1n) is 7.38. The molecule has 3 nitrogen and oxygen atoms in total. The molecule has 0 saturated carbocycles. The Morgan fingerprint density at radius 2 is 1.45 bits per heavy atom. The van der Waals surface area contributed by atoms with E-state index in [1.807, 2.05) is 58.0 Å². The molecule has 0 aliphatic heterocycles. The zero-order valence-corrected chi connectivity index (χ0v) is 13.5. The molecule has 112 valence electrons. The maximum Gasteiger partial charge on any atom is 0.410 e. The Labute approximate surface area is 122 Å². The van der Waals surface area contributed by atoms with E-state index in [0.29, 0.717) is 0 Å². The molecular formula is C17H27NO2. The summed E-state index contributed by atoms with van der Waals surface area (Å²) >= 11 is 0. The van der Waals surface area contributed by atoms with Crippen molar-refractivity contribution < 1.29 is 9.53 Å². The second-order valence-electron chi connectivity index (χ2n) is 6.05. The molecule has 1 unspecified atom stereocenters. The van der Waals surface area contributed by atoms with Crippen molar-refractivity contribution >= 4 is 6.09 Å². The van der Waals surface area contributed by atoms with Crippen LogP contribution in [0.5, 0.6) is 0 Å². The molecule has 0 heterocycles. The van der Waals surface area contributed by atoms with Crippen molar-refractivity contribution in [2.75, 3.05) is 0 Å². The van der Waals surface area contributed by atoms with Crippen molar-refractivity contribution in [3.05, 3.63) is 35.9 Å². The molecule has 20 heavy (non-hydrogen) atoms. The zero-order valence-electron chi connectivity index (χ0n) is 13.5. The molecule has 1 aromatic rings. The van der Waals surface area contributed by atoms with E-state index in [1.165, 1.54) is 0 Å². The Balaban J connectivity index is 2.89. The van der Waals surface area contributed by atoms with Crippen molar-refractivity contribution in [2.24, 2.45) is 5.92 Å². The average molecular weight is 277 g/mol. The minimum atomic E-state index is -0.238. The normalized spacial score (nSPS) is 12.8. The van der Waals surface area contributed by atoms with Crippen LogP contribution in [0.1, 0.15) is 53.2 Å². The molecule has 0 bridgehead atoms. The minimum Gasteiger partial charge on any atom is -0.441 e. The molecule has 1 rings (SSSR count). The standard InChI is InChI=1S/C17H27NO2/c1-12(2)16(15-10-8-7-9-11-15)20-17(19)18(13(3)4)14(5)6/h7-14,16H,1-6H3. The maximum atomic E-state index is 12.4. The van der Waals surface area contributed by atoms with E-state index >= 15 is 0 Å². The molecule has 3 heteroatoms. The van der Waals surface area contributed by atoms with Crippen LogP contribution in [0.4, 0.5) is 4.79 Å². The summed E-state index contributed by atoms with van der Waals surface area (Å²) in [7, 11) is 0. The van der Waals surface area contributed by atoms with Gasteiger partial charge in [-0.3, -0.25) is 0 Å². The Kier molecular flexibility index (Phi) is 6.05. The van der Waals surface area contributed by atoms with Crippen LogP contribution in [0.25, 0.3) is 0 Å². The lowest BCUT2D eigenvalue weighted by Gasteiger charge is -2.32. The summed E-state index contributed by atoms with van der Waals surface area (Å²) in [5, 5.41) is 0. The number of hydrogen-bond acceptors (Lipinski definition) is 2. The van der Waals surface area contributed by atoms with E-state index in [-0.39, 0.29) is 30.2 Å². The van der Waals surface area contributed by atoms with Gasteiger partial charge in [-0.2, -0.15) is 0 Å². The average Bonchev–Trinajstić information content (AvgIpc) is 2.35. The summed E-state index contributed by atoms with van der Waals surface area (Å²) in [5.41, 5.74) is 1.04. The second kappa shape index (κ2) is 7.32. The fraction of sp³-hybridized carbons (Fsp3) is 0.588. The Bertz CT molecular complexity index is 404. The van der Waals surface area contributed by atoms with Crippen LogP contribution in [-0.2, 0) is 4.74 Å². The summed E-state index contributed by atoms with van der Waals surface area (Å²) in [4.78, 5) is 14.2.